The molecule has 0 aliphatic carbocycles. The number of hydrogen-bond donors (Lipinski definition) is 2. The van der Waals surface area contributed by atoms with Gasteiger partial charge in [-0.15, -0.1) is 0 Å². The first-order valence-electron chi connectivity index (χ1n) is 3.63. The zero-order chi connectivity index (χ0) is 8.97. The van der Waals surface area contributed by atoms with Gasteiger partial charge < -0.3 is 15.6 Å². The minimum atomic E-state index is -0.214. The molecule has 0 bridgehead atoms. The van der Waals surface area contributed by atoms with Gasteiger partial charge in [-0.25, -0.2) is 0 Å². The molecule has 1 aromatic rings. The van der Waals surface area contributed by atoms with Gasteiger partial charge in [0.2, 0.25) is 0 Å². The van der Waals surface area contributed by atoms with Gasteiger partial charge in [0, 0.05) is 12.6 Å². The highest BCUT2D eigenvalue weighted by Gasteiger charge is 2.06. The van der Waals surface area contributed by atoms with Crippen molar-refractivity contribution in [3.05, 3.63) is 18.0 Å². The van der Waals surface area contributed by atoms with E-state index >= 15 is 0 Å². The Morgan fingerprint density at radius 2 is 2.67 bits per heavy atom. The van der Waals surface area contributed by atoms with Crippen LogP contribution in [0.4, 0.5) is 0 Å². The lowest BCUT2D eigenvalue weighted by Crippen LogP contribution is -2.34. The Bertz CT molecular complexity index is 243. The predicted octanol–water partition coefficient (Wildman–Crippen LogP) is -0.248. The summed E-state index contributed by atoms with van der Waals surface area (Å²) in [7, 11) is 0. The van der Waals surface area contributed by atoms with E-state index in [0.717, 1.165) is 0 Å². The summed E-state index contributed by atoms with van der Waals surface area (Å²) in [5, 5.41) is 6.02. The van der Waals surface area contributed by atoms with Crippen molar-refractivity contribution in [1.82, 2.24) is 10.5 Å². The molecule has 0 saturated heterocycles. The van der Waals surface area contributed by atoms with Gasteiger partial charge in [0.1, 0.15) is 6.26 Å². The van der Waals surface area contributed by atoms with Crippen LogP contribution >= 0.6 is 0 Å². The fourth-order valence-electron chi connectivity index (χ4n) is 0.673. The van der Waals surface area contributed by atoms with E-state index in [-0.39, 0.29) is 11.9 Å². The number of nitrogens with two attached hydrogens (primary N) is 1. The molecule has 1 amide bonds. The second-order valence-electron chi connectivity index (χ2n) is 2.60. The molecule has 0 aromatic carbocycles. The number of carbonyl (C=O) groups excluding carboxylic acids is 1. The molecule has 0 aliphatic rings. The van der Waals surface area contributed by atoms with Crippen molar-refractivity contribution < 1.29 is 9.32 Å². The van der Waals surface area contributed by atoms with Crippen molar-refractivity contribution >= 4 is 5.91 Å². The maximum absolute atomic E-state index is 11.1. The molecule has 0 fully saturated rings. The van der Waals surface area contributed by atoms with E-state index in [1.807, 2.05) is 6.92 Å². The van der Waals surface area contributed by atoms with Crippen LogP contribution in [0.1, 0.15) is 17.3 Å². The Morgan fingerprint density at radius 3 is 3.17 bits per heavy atom. The van der Waals surface area contributed by atoms with E-state index in [4.69, 9.17) is 5.73 Å². The molecule has 0 spiro atoms. The number of nitrogens with one attached hydrogen (secondary N) is 1. The Morgan fingerprint density at radius 1 is 1.92 bits per heavy atom. The SMILES string of the molecule is CC(N)CNC(=O)c1cnoc1. The second-order valence-corrected chi connectivity index (χ2v) is 2.60. The minimum absolute atomic E-state index is 0.0474. The summed E-state index contributed by atoms with van der Waals surface area (Å²) < 4.78 is 4.50. The van der Waals surface area contributed by atoms with Gasteiger partial charge in [0.15, 0.2) is 0 Å². The molecule has 12 heavy (non-hydrogen) atoms. The summed E-state index contributed by atoms with van der Waals surface area (Å²) in [6.07, 6.45) is 2.65. The lowest BCUT2D eigenvalue weighted by molar-refractivity contribution is 0.0951. The van der Waals surface area contributed by atoms with E-state index < -0.39 is 0 Å². The molecule has 1 unspecified atom stereocenters. The highest BCUT2D eigenvalue weighted by Crippen LogP contribution is 1.94. The summed E-state index contributed by atoms with van der Waals surface area (Å²) in [4.78, 5) is 11.1. The van der Waals surface area contributed by atoms with Crippen LogP contribution in [-0.4, -0.2) is 23.7 Å². The van der Waals surface area contributed by atoms with Crippen molar-refractivity contribution in [2.24, 2.45) is 5.73 Å². The Balaban J connectivity index is 2.40. The van der Waals surface area contributed by atoms with Crippen molar-refractivity contribution in [3.8, 4) is 0 Å². The average molecular weight is 169 g/mol. The molecule has 1 rings (SSSR count). The molecular formula is C7H11N3O2. The number of carbonyl (C=O) groups is 1. The third-order valence-electron chi connectivity index (χ3n) is 1.28. The van der Waals surface area contributed by atoms with Crippen LogP contribution in [0.15, 0.2) is 17.0 Å². The molecular weight excluding hydrogens is 158 g/mol. The fourth-order valence-corrected chi connectivity index (χ4v) is 0.673. The number of hydrogen-bond acceptors (Lipinski definition) is 4. The number of rotatable bonds is 3. The van der Waals surface area contributed by atoms with Gasteiger partial charge >= 0.3 is 0 Å². The monoisotopic (exact) mass is 169 g/mol. The van der Waals surface area contributed by atoms with Crippen LogP contribution in [0, 0.1) is 0 Å². The summed E-state index contributed by atoms with van der Waals surface area (Å²) in [6.45, 7) is 2.26. The lowest BCUT2D eigenvalue weighted by atomic mass is 10.3. The van der Waals surface area contributed by atoms with Crippen molar-refractivity contribution in [1.29, 1.82) is 0 Å². The topological polar surface area (TPSA) is 81.1 Å². The van der Waals surface area contributed by atoms with Gasteiger partial charge in [-0.05, 0) is 6.92 Å². The van der Waals surface area contributed by atoms with Crippen LogP contribution < -0.4 is 11.1 Å². The van der Waals surface area contributed by atoms with Crippen LogP contribution in [0.2, 0.25) is 0 Å². The van der Waals surface area contributed by atoms with E-state index in [0.29, 0.717) is 12.1 Å². The Labute approximate surface area is 69.9 Å². The number of amides is 1. The zero-order valence-electron chi connectivity index (χ0n) is 6.78. The van der Waals surface area contributed by atoms with Gasteiger partial charge in [-0.3, -0.25) is 4.79 Å². The molecule has 0 saturated carbocycles. The molecule has 3 N–H and O–H groups in total. The van der Waals surface area contributed by atoms with Crippen LogP contribution in [0.5, 0.6) is 0 Å². The van der Waals surface area contributed by atoms with Crippen molar-refractivity contribution in [3.63, 3.8) is 0 Å². The van der Waals surface area contributed by atoms with Gasteiger partial charge in [0.25, 0.3) is 5.91 Å². The first kappa shape index (κ1) is 8.73. The number of aromatic nitrogens is 1. The summed E-state index contributed by atoms with van der Waals surface area (Å²) in [5.41, 5.74) is 5.85. The number of nitrogens with zero attached hydrogens (tertiary/aromatic N) is 1. The van der Waals surface area contributed by atoms with E-state index in [1.54, 1.807) is 0 Å². The first-order chi connectivity index (χ1) is 5.70. The Kier molecular flexibility index (Phi) is 2.82. The largest absolute Gasteiger partial charge is 0.364 e. The fraction of sp³-hybridized carbons (Fsp3) is 0.429. The van der Waals surface area contributed by atoms with E-state index in [1.165, 1.54) is 12.5 Å². The molecule has 1 aromatic heterocycles. The molecule has 0 aliphatic heterocycles. The van der Waals surface area contributed by atoms with Gasteiger partial charge in [-0.2, -0.15) is 0 Å². The van der Waals surface area contributed by atoms with Gasteiger partial charge in [-0.1, -0.05) is 5.16 Å². The normalized spacial score (nSPS) is 12.5. The molecule has 5 heteroatoms. The zero-order valence-corrected chi connectivity index (χ0v) is 6.78. The predicted molar refractivity (Wildman–Crippen MR) is 42.5 cm³/mol. The maximum atomic E-state index is 11.1. The van der Waals surface area contributed by atoms with Crippen LogP contribution in [0.25, 0.3) is 0 Å². The van der Waals surface area contributed by atoms with Crippen LogP contribution in [0.3, 0.4) is 0 Å². The molecule has 66 valence electrons. The smallest absolute Gasteiger partial charge is 0.256 e. The first-order valence-corrected chi connectivity index (χ1v) is 3.63. The maximum Gasteiger partial charge on any atom is 0.256 e. The summed E-state index contributed by atoms with van der Waals surface area (Å²) in [5.74, 6) is -0.214. The lowest BCUT2D eigenvalue weighted by Gasteiger charge is -2.05. The average Bonchev–Trinajstić information content (AvgIpc) is 2.51. The molecule has 0 radical (unpaired) electrons. The molecule has 5 nitrogen and oxygen atoms in total. The van der Waals surface area contributed by atoms with Crippen LogP contribution in [-0.2, 0) is 0 Å². The standard InChI is InChI=1S/C7H11N3O2/c1-5(8)2-9-7(11)6-3-10-12-4-6/h3-5H,2,8H2,1H3,(H,9,11). The highest BCUT2D eigenvalue weighted by molar-refractivity contribution is 5.93. The van der Waals surface area contributed by atoms with Crippen molar-refractivity contribution in [2.45, 2.75) is 13.0 Å². The third kappa shape index (κ3) is 2.35. The Hall–Kier alpha value is -1.36. The summed E-state index contributed by atoms with van der Waals surface area (Å²) >= 11 is 0. The second kappa shape index (κ2) is 3.87. The molecule has 1 atom stereocenters. The minimum Gasteiger partial charge on any atom is -0.364 e. The van der Waals surface area contributed by atoms with E-state index in [9.17, 15) is 4.79 Å². The quantitative estimate of drug-likeness (QED) is 0.653. The van der Waals surface area contributed by atoms with E-state index in [2.05, 4.69) is 15.0 Å². The third-order valence-corrected chi connectivity index (χ3v) is 1.28. The summed E-state index contributed by atoms with van der Waals surface area (Å²) in [6, 6.07) is -0.0474. The highest BCUT2D eigenvalue weighted by atomic mass is 16.5. The van der Waals surface area contributed by atoms with Gasteiger partial charge in [0.05, 0.1) is 11.8 Å². The van der Waals surface area contributed by atoms with Crippen molar-refractivity contribution in [2.75, 3.05) is 6.54 Å². The molecule has 1 heterocycles.